The Balaban J connectivity index is 1.61. The predicted molar refractivity (Wildman–Crippen MR) is 141 cm³/mol. The maximum absolute atomic E-state index is 13.2. The highest BCUT2D eigenvalue weighted by Crippen LogP contribution is 2.39. The van der Waals surface area contributed by atoms with E-state index in [1.54, 1.807) is 12.1 Å². The standard InChI is InChI=1S/C29H32N2O5/c1-6-33-25-16-21(17-26(34-7-2)27(25)35-8-3)28(32)30-22-11-9-10-20(14-22)29-31-23-15-19(18(4)5)12-13-24(23)36-29/h9-18H,6-8H2,1-5H3,(H,30,32). The van der Waals surface area contributed by atoms with Gasteiger partial charge >= 0.3 is 0 Å². The third-order valence-electron chi connectivity index (χ3n) is 5.62. The van der Waals surface area contributed by atoms with Gasteiger partial charge in [-0.05, 0) is 74.7 Å². The van der Waals surface area contributed by atoms with Gasteiger partial charge in [-0.2, -0.15) is 0 Å². The van der Waals surface area contributed by atoms with Crippen molar-refractivity contribution in [1.29, 1.82) is 0 Å². The van der Waals surface area contributed by atoms with Crippen molar-refractivity contribution in [3.05, 3.63) is 65.7 Å². The molecule has 0 aliphatic heterocycles. The number of oxazole rings is 1. The summed E-state index contributed by atoms with van der Waals surface area (Å²) in [6.45, 7) is 11.3. The average molecular weight is 489 g/mol. The first-order chi connectivity index (χ1) is 17.4. The van der Waals surface area contributed by atoms with Crippen LogP contribution in [0.25, 0.3) is 22.6 Å². The molecule has 188 valence electrons. The molecule has 3 aromatic carbocycles. The van der Waals surface area contributed by atoms with E-state index in [2.05, 4.69) is 36.3 Å². The minimum absolute atomic E-state index is 0.295. The second-order valence-corrected chi connectivity index (χ2v) is 8.54. The summed E-state index contributed by atoms with van der Waals surface area (Å²) in [6.07, 6.45) is 0. The number of carbonyl (C=O) groups excluding carboxylic acids is 1. The van der Waals surface area contributed by atoms with Crippen LogP contribution < -0.4 is 19.5 Å². The number of rotatable bonds is 10. The summed E-state index contributed by atoms with van der Waals surface area (Å²) in [5.41, 5.74) is 4.53. The fourth-order valence-corrected chi connectivity index (χ4v) is 3.88. The number of benzene rings is 3. The zero-order valence-corrected chi connectivity index (χ0v) is 21.4. The summed E-state index contributed by atoms with van der Waals surface area (Å²) in [6, 6.07) is 16.8. The average Bonchev–Trinajstić information content (AvgIpc) is 3.30. The van der Waals surface area contributed by atoms with Gasteiger partial charge in [0, 0.05) is 16.8 Å². The van der Waals surface area contributed by atoms with E-state index in [0.29, 0.717) is 60.1 Å². The summed E-state index contributed by atoms with van der Waals surface area (Å²) in [7, 11) is 0. The molecule has 0 atom stereocenters. The van der Waals surface area contributed by atoms with Crippen LogP contribution in [0.2, 0.25) is 0 Å². The number of hydrogen-bond donors (Lipinski definition) is 1. The quantitative estimate of drug-likeness (QED) is 0.257. The minimum atomic E-state index is -0.295. The molecule has 0 spiro atoms. The van der Waals surface area contributed by atoms with Gasteiger partial charge in [-0.1, -0.05) is 26.0 Å². The maximum Gasteiger partial charge on any atom is 0.255 e. The Hall–Kier alpha value is -4.00. The number of hydrogen-bond acceptors (Lipinski definition) is 6. The smallest absolute Gasteiger partial charge is 0.255 e. The summed E-state index contributed by atoms with van der Waals surface area (Å²) in [5.74, 6) is 2.04. The Morgan fingerprint density at radius 3 is 2.25 bits per heavy atom. The van der Waals surface area contributed by atoms with Crippen LogP contribution >= 0.6 is 0 Å². The number of aromatic nitrogens is 1. The molecule has 0 saturated carbocycles. The van der Waals surface area contributed by atoms with Gasteiger partial charge in [-0.15, -0.1) is 0 Å². The molecule has 0 fully saturated rings. The van der Waals surface area contributed by atoms with Crippen molar-refractivity contribution in [2.45, 2.75) is 40.5 Å². The Kier molecular flexibility index (Phi) is 7.78. The lowest BCUT2D eigenvalue weighted by Gasteiger charge is -2.17. The van der Waals surface area contributed by atoms with E-state index in [1.807, 2.05) is 51.1 Å². The van der Waals surface area contributed by atoms with Crippen LogP contribution in [0.4, 0.5) is 5.69 Å². The lowest BCUT2D eigenvalue weighted by atomic mass is 10.0. The minimum Gasteiger partial charge on any atom is -0.490 e. The van der Waals surface area contributed by atoms with Gasteiger partial charge in [-0.3, -0.25) is 4.79 Å². The highest BCUT2D eigenvalue weighted by molar-refractivity contribution is 6.05. The zero-order chi connectivity index (χ0) is 25.7. The number of nitrogens with one attached hydrogen (secondary N) is 1. The van der Waals surface area contributed by atoms with E-state index < -0.39 is 0 Å². The molecule has 0 unspecified atom stereocenters. The van der Waals surface area contributed by atoms with Crippen LogP contribution in [-0.2, 0) is 0 Å². The molecule has 1 amide bonds. The van der Waals surface area contributed by atoms with Crippen molar-refractivity contribution in [3.8, 4) is 28.7 Å². The van der Waals surface area contributed by atoms with Gasteiger partial charge in [0.25, 0.3) is 5.91 Å². The molecule has 36 heavy (non-hydrogen) atoms. The lowest BCUT2D eigenvalue weighted by Crippen LogP contribution is -2.13. The first-order valence-corrected chi connectivity index (χ1v) is 12.3. The zero-order valence-electron chi connectivity index (χ0n) is 21.4. The molecular formula is C29H32N2O5. The summed E-state index contributed by atoms with van der Waals surface area (Å²) in [5, 5.41) is 2.96. The molecule has 1 aromatic heterocycles. The van der Waals surface area contributed by atoms with Gasteiger partial charge in [0.05, 0.1) is 19.8 Å². The normalized spacial score (nSPS) is 11.1. The fourth-order valence-electron chi connectivity index (χ4n) is 3.88. The van der Waals surface area contributed by atoms with Crippen LogP contribution in [-0.4, -0.2) is 30.7 Å². The SMILES string of the molecule is CCOc1cc(C(=O)Nc2cccc(-c3nc4cc(C(C)C)ccc4o3)c2)cc(OCC)c1OCC. The van der Waals surface area contributed by atoms with E-state index in [-0.39, 0.29) is 5.91 Å². The number of carbonyl (C=O) groups is 1. The van der Waals surface area contributed by atoms with E-state index in [0.717, 1.165) is 16.7 Å². The van der Waals surface area contributed by atoms with Gasteiger partial charge < -0.3 is 23.9 Å². The maximum atomic E-state index is 13.2. The van der Waals surface area contributed by atoms with Crippen molar-refractivity contribution < 1.29 is 23.4 Å². The number of amides is 1. The number of fused-ring (bicyclic) bond motifs is 1. The van der Waals surface area contributed by atoms with Gasteiger partial charge in [0.1, 0.15) is 5.52 Å². The largest absolute Gasteiger partial charge is 0.490 e. The first kappa shape index (κ1) is 25.1. The molecule has 1 N–H and O–H groups in total. The lowest BCUT2D eigenvalue weighted by molar-refractivity contribution is 0.102. The predicted octanol–water partition coefficient (Wildman–Crippen LogP) is 7.07. The van der Waals surface area contributed by atoms with Crippen molar-refractivity contribution in [2.24, 2.45) is 0 Å². The summed E-state index contributed by atoms with van der Waals surface area (Å²) in [4.78, 5) is 17.9. The topological polar surface area (TPSA) is 82.8 Å². The van der Waals surface area contributed by atoms with Crippen LogP contribution in [0.3, 0.4) is 0 Å². The molecule has 7 nitrogen and oxygen atoms in total. The van der Waals surface area contributed by atoms with E-state index in [1.165, 1.54) is 5.56 Å². The van der Waals surface area contributed by atoms with Crippen molar-refractivity contribution in [3.63, 3.8) is 0 Å². The molecule has 0 bridgehead atoms. The van der Waals surface area contributed by atoms with Crippen LogP contribution in [0.15, 0.2) is 59.0 Å². The van der Waals surface area contributed by atoms with Crippen molar-refractivity contribution in [1.82, 2.24) is 4.98 Å². The monoisotopic (exact) mass is 488 g/mol. The van der Waals surface area contributed by atoms with Gasteiger partial charge in [-0.25, -0.2) is 4.98 Å². The number of anilines is 1. The summed E-state index contributed by atoms with van der Waals surface area (Å²) >= 11 is 0. The fraction of sp³-hybridized carbons (Fsp3) is 0.310. The molecule has 1 heterocycles. The van der Waals surface area contributed by atoms with Crippen LogP contribution in [0.5, 0.6) is 17.2 Å². The Morgan fingerprint density at radius 1 is 0.917 bits per heavy atom. The Labute approximate surface area is 211 Å². The molecule has 4 aromatic rings. The molecule has 0 aliphatic rings. The molecule has 7 heteroatoms. The molecular weight excluding hydrogens is 456 g/mol. The summed E-state index contributed by atoms with van der Waals surface area (Å²) < 4.78 is 23.2. The Bertz CT molecular complexity index is 1330. The third kappa shape index (κ3) is 5.46. The molecule has 0 radical (unpaired) electrons. The number of ether oxygens (including phenoxy) is 3. The van der Waals surface area contributed by atoms with Crippen LogP contribution in [0.1, 0.15) is 56.5 Å². The second kappa shape index (κ2) is 11.2. The van der Waals surface area contributed by atoms with Crippen molar-refractivity contribution >= 4 is 22.7 Å². The molecule has 0 aliphatic carbocycles. The van der Waals surface area contributed by atoms with E-state index >= 15 is 0 Å². The third-order valence-corrected chi connectivity index (χ3v) is 5.62. The van der Waals surface area contributed by atoms with Gasteiger partial charge in [0.2, 0.25) is 11.6 Å². The van der Waals surface area contributed by atoms with E-state index in [9.17, 15) is 4.79 Å². The Morgan fingerprint density at radius 2 is 1.61 bits per heavy atom. The van der Waals surface area contributed by atoms with E-state index in [4.69, 9.17) is 18.6 Å². The van der Waals surface area contributed by atoms with Crippen LogP contribution in [0, 0.1) is 0 Å². The second-order valence-electron chi connectivity index (χ2n) is 8.54. The molecule has 0 saturated heterocycles. The molecule has 4 rings (SSSR count). The van der Waals surface area contributed by atoms with Gasteiger partial charge in [0.15, 0.2) is 17.1 Å². The number of nitrogens with zero attached hydrogens (tertiary/aromatic N) is 1. The highest BCUT2D eigenvalue weighted by atomic mass is 16.5. The highest BCUT2D eigenvalue weighted by Gasteiger charge is 2.19. The van der Waals surface area contributed by atoms with Crippen molar-refractivity contribution in [2.75, 3.05) is 25.1 Å². The first-order valence-electron chi connectivity index (χ1n) is 12.3.